The van der Waals surface area contributed by atoms with E-state index in [4.69, 9.17) is 28.3 Å². The molecule has 3 aliphatic heterocycles. The van der Waals surface area contributed by atoms with Crippen molar-refractivity contribution in [1.29, 1.82) is 0 Å². The summed E-state index contributed by atoms with van der Waals surface area (Å²) in [5.41, 5.74) is -0.0791. The molecule has 0 saturated carbocycles. The summed E-state index contributed by atoms with van der Waals surface area (Å²) >= 11 is 0. The van der Waals surface area contributed by atoms with Crippen molar-refractivity contribution in [3.05, 3.63) is 75.7 Å². The number of nitrogens with one attached hydrogen (secondary N) is 2. The number of aliphatic hydroxyl groups excluding tert-OH is 1. The molecule has 1 amide bonds. The summed E-state index contributed by atoms with van der Waals surface area (Å²) in [4.78, 5) is 59.6. The molecule has 1 aromatic heterocycles. The number of fused-ring (bicyclic) bond motifs is 14. The number of ketones is 1. The normalized spacial score (nSPS) is 24.4. The number of aromatic nitrogens is 1. The van der Waals surface area contributed by atoms with Crippen molar-refractivity contribution in [3.63, 3.8) is 0 Å². The van der Waals surface area contributed by atoms with Crippen LogP contribution in [0.1, 0.15) is 125 Å². The van der Waals surface area contributed by atoms with Crippen LogP contribution in [-0.4, -0.2) is 70.0 Å². The van der Waals surface area contributed by atoms with E-state index in [0.29, 0.717) is 43.7 Å². The van der Waals surface area contributed by atoms with Gasteiger partial charge in [-0.15, -0.1) is 0 Å². The molecule has 6 atom stereocenters. The Bertz CT molecular complexity index is 2540. The Morgan fingerprint density at radius 1 is 1.05 bits per heavy atom. The van der Waals surface area contributed by atoms with Crippen molar-refractivity contribution >= 4 is 56.3 Å². The molecule has 0 radical (unpaired) electrons. The number of carbonyl (C=O) groups excluding carboxylic acids is 3. The second kappa shape index (κ2) is 23.1. The number of nitrogens with zero attached hydrogens (tertiary/aromatic N) is 1. The summed E-state index contributed by atoms with van der Waals surface area (Å²) < 4.78 is 30.2. The first kappa shape index (κ1) is 52.9. The number of esters is 1. The second-order valence-electron chi connectivity index (χ2n) is 18.3. The highest BCUT2D eigenvalue weighted by molar-refractivity contribution is 6.26. The monoisotopic (exact) mass is 914 g/mol. The molecule has 0 fully saturated rings. The zero-order valence-electron chi connectivity index (χ0n) is 41.2. The highest BCUT2D eigenvalue weighted by atomic mass is 16.7. The minimum atomic E-state index is -1.95. The van der Waals surface area contributed by atoms with Crippen molar-refractivity contribution < 1.29 is 48.0 Å². The maximum Gasteiger partial charge on any atom is 0.312 e. The lowest BCUT2D eigenvalue weighted by Gasteiger charge is -2.29. The molecule has 4 heterocycles. The number of phenols is 1. The van der Waals surface area contributed by atoms with E-state index >= 15 is 0 Å². The minimum absolute atomic E-state index is 0.0216. The highest BCUT2D eigenvalue weighted by Gasteiger charge is 2.49. The lowest BCUT2D eigenvalue weighted by molar-refractivity contribution is -0.157. The summed E-state index contributed by atoms with van der Waals surface area (Å²) in [6.07, 6.45) is 7.93. The minimum Gasteiger partial charge on any atom is -0.505 e. The number of anilines is 1. The fraction of sp³-hybridized carbons (Fsp3) is 0.519. The fourth-order valence-electron chi connectivity index (χ4n) is 7.86. The zero-order valence-corrected chi connectivity index (χ0v) is 41.2. The lowest BCUT2D eigenvalue weighted by Crippen LogP contribution is -2.38. The quantitative estimate of drug-likeness (QED) is 0.0469. The third-order valence-electron chi connectivity index (χ3n) is 11.0. The summed E-state index contributed by atoms with van der Waals surface area (Å²) in [7, 11) is 0. The van der Waals surface area contributed by atoms with Crippen molar-refractivity contribution in [3.8, 4) is 17.2 Å². The molecule has 66 heavy (non-hydrogen) atoms. The Hall–Kier alpha value is -5.73. The van der Waals surface area contributed by atoms with E-state index in [1.54, 1.807) is 43.4 Å². The number of hydrogen-bond acceptors (Lipinski definition) is 13. The molecule has 3 unspecified atom stereocenters. The number of hydrogen-bond donors (Lipinski definition) is 4. The number of aromatic hydroxyl groups is 1. The first-order chi connectivity index (χ1) is 31.1. The van der Waals surface area contributed by atoms with Gasteiger partial charge in [-0.25, -0.2) is 4.98 Å². The van der Waals surface area contributed by atoms with E-state index in [-0.39, 0.29) is 79.4 Å². The number of allylic oxidation sites excluding steroid dienone is 4. The van der Waals surface area contributed by atoms with Crippen molar-refractivity contribution in [2.24, 2.45) is 23.7 Å². The number of rotatable bonds is 6. The maximum atomic E-state index is 14.5. The largest absolute Gasteiger partial charge is 0.505 e. The van der Waals surface area contributed by atoms with E-state index < -0.39 is 46.8 Å². The Kier molecular flexibility index (Phi) is 18.5. The topological polar surface area (TPSA) is 196 Å². The van der Waals surface area contributed by atoms with Crippen molar-refractivity contribution in [2.45, 2.75) is 140 Å². The Morgan fingerprint density at radius 2 is 1.73 bits per heavy atom. The van der Waals surface area contributed by atoms with Gasteiger partial charge >= 0.3 is 11.8 Å². The van der Waals surface area contributed by atoms with Gasteiger partial charge in [0, 0.05) is 49.0 Å². The van der Waals surface area contributed by atoms with Crippen LogP contribution in [0.25, 0.3) is 33.0 Å². The molecule has 360 valence electrons. The van der Waals surface area contributed by atoms with E-state index in [0.717, 1.165) is 5.92 Å². The van der Waals surface area contributed by atoms with Crippen LogP contribution in [-0.2, 0) is 19.1 Å². The number of phenolic OH excluding ortho intramolecular Hbond substituents is 1. The van der Waals surface area contributed by atoms with Gasteiger partial charge in [-0.05, 0) is 75.0 Å². The summed E-state index contributed by atoms with van der Waals surface area (Å²) in [6, 6.07) is 5.32. The molecule has 7 rings (SSSR count). The van der Waals surface area contributed by atoms with Gasteiger partial charge < -0.3 is 44.2 Å². The summed E-state index contributed by atoms with van der Waals surface area (Å²) in [5, 5.41) is 29.0. The first-order valence-electron chi connectivity index (χ1n) is 23.2. The molecular weight excluding hydrogens is 843 g/mol. The third-order valence-corrected chi connectivity index (χ3v) is 11.0. The third kappa shape index (κ3) is 12.6. The van der Waals surface area contributed by atoms with Crippen LogP contribution in [0.15, 0.2) is 63.6 Å². The van der Waals surface area contributed by atoms with Crippen LogP contribution in [0.5, 0.6) is 17.2 Å². The van der Waals surface area contributed by atoms with E-state index in [1.165, 1.54) is 27.0 Å². The van der Waals surface area contributed by atoms with Gasteiger partial charge in [0.2, 0.25) is 0 Å². The molecule has 0 aliphatic carbocycles. The fourth-order valence-corrected chi connectivity index (χ4v) is 7.86. The lowest BCUT2D eigenvalue weighted by atomic mass is 9.87. The van der Waals surface area contributed by atoms with Gasteiger partial charge in [0.05, 0.1) is 23.3 Å². The molecule has 14 heteroatoms. The van der Waals surface area contributed by atoms with Crippen molar-refractivity contribution in [1.82, 2.24) is 10.3 Å². The van der Waals surface area contributed by atoms with Crippen LogP contribution in [0.4, 0.5) is 5.69 Å². The smallest absolute Gasteiger partial charge is 0.312 e. The predicted octanol–water partition coefficient (Wildman–Crippen LogP) is 10.2. The number of Topliss-reactive ketones (excluding diaryl/α,β-unsaturated/α-hetero) is 1. The van der Waals surface area contributed by atoms with E-state index in [9.17, 15) is 29.4 Å². The highest BCUT2D eigenvalue weighted by Crippen LogP contribution is 2.48. The number of benzene rings is 3. The molecular formula is C52H71N3O11. The average Bonchev–Trinajstić information content (AvgIpc) is 3.51. The van der Waals surface area contributed by atoms with Gasteiger partial charge in [0.15, 0.2) is 22.3 Å². The standard InChI is InChI=1S/C46H55N3O11.C4H10.C2H6/c1-23(2)47-17-19-56-30-15-16-31-33(22-30)59-43-37(48-31)34-35-39(52)28(7)42-36(34)44(54)46(9,60-42)57-18-11-14-26(5)41(58-29(8)50)32(51)21-25(4)20-24(3)12-10-13-27(6)45(55)49-38(43)40(35)53;1-4(2)3;1-2/h10-13,15-16,18,22-26,32,41,47,51,53H,14,17,19-21H2,1-9H3,(H,49,55);4H,1-3H3;1-2H3/b12-10+,18-11+,27-13-;;/t24?,25-,26-,32?,41?,46+;;/m1../s1. The second-order valence-corrected chi connectivity index (χ2v) is 18.3. The Morgan fingerprint density at radius 3 is 2.38 bits per heavy atom. The SMILES string of the molecule is CC.CC(=O)OC1C(O)C[C@H](C)CC(C)/C=C/C=C(/C)C(=O)Nc2c(O)c3c(=O)c(C)c4c(c3c3nc5ccc(OCCNC(C)C)cc5oc23)C(=O)[C@@](C)(O/C=C/C[C@H]1C)O4.CC(C)C. The zero-order chi connectivity index (χ0) is 49.2. The Labute approximate surface area is 388 Å². The van der Waals surface area contributed by atoms with Gasteiger partial charge in [0.25, 0.3) is 11.7 Å². The van der Waals surface area contributed by atoms with Crippen LogP contribution in [0.3, 0.4) is 0 Å². The van der Waals surface area contributed by atoms with Gasteiger partial charge in [-0.1, -0.05) is 87.5 Å². The van der Waals surface area contributed by atoms with Crippen molar-refractivity contribution in [2.75, 3.05) is 18.5 Å². The predicted molar refractivity (Wildman–Crippen MR) is 260 cm³/mol. The number of ether oxygens (including phenoxy) is 4. The summed E-state index contributed by atoms with van der Waals surface area (Å²) in [5.74, 6) is -3.27. The number of aliphatic hydroxyl groups is 1. The molecule has 14 nitrogen and oxygen atoms in total. The summed E-state index contributed by atoms with van der Waals surface area (Å²) in [6.45, 7) is 27.2. The number of amides is 1. The van der Waals surface area contributed by atoms with Gasteiger partial charge in [-0.2, -0.15) is 0 Å². The van der Waals surface area contributed by atoms with Crippen LogP contribution in [0.2, 0.25) is 0 Å². The first-order valence-corrected chi connectivity index (χ1v) is 23.2. The molecule has 0 spiro atoms. The molecule has 5 bridgehead atoms. The Balaban J connectivity index is 0.00000150. The van der Waals surface area contributed by atoms with Gasteiger partial charge in [0.1, 0.15) is 40.9 Å². The molecule has 4 aromatic rings. The molecule has 3 aliphatic rings. The van der Waals surface area contributed by atoms with E-state index in [2.05, 4.69) is 31.4 Å². The molecule has 3 aromatic carbocycles. The van der Waals surface area contributed by atoms with Crippen LogP contribution >= 0.6 is 0 Å². The van der Waals surface area contributed by atoms with Crippen LogP contribution < -0.4 is 25.5 Å². The number of carbonyl (C=O) groups is 3. The van der Waals surface area contributed by atoms with E-state index in [1.807, 2.05) is 54.5 Å². The molecule has 4 N–H and O–H groups in total. The van der Waals surface area contributed by atoms with Crippen LogP contribution in [0, 0.1) is 30.6 Å². The maximum absolute atomic E-state index is 14.5. The van der Waals surface area contributed by atoms with Gasteiger partial charge in [-0.3, -0.25) is 19.2 Å². The molecule has 0 saturated heterocycles. The average molecular weight is 914 g/mol.